The van der Waals surface area contributed by atoms with Crippen LogP contribution in [-0.2, 0) is 6.54 Å². The van der Waals surface area contributed by atoms with Crippen LogP contribution in [0.2, 0.25) is 0 Å². The van der Waals surface area contributed by atoms with Crippen molar-refractivity contribution in [3.63, 3.8) is 0 Å². The zero-order chi connectivity index (χ0) is 12.4. The van der Waals surface area contributed by atoms with E-state index in [1.165, 1.54) is 18.3 Å². The van der Waals surface area contributed by atoms with Crippen LogP contribution in [-0.4, -0.2) is 19.9 Å². The van der Waals surface area contributed by atoms with E-state index in [1.54, 1.807) is 10.9 Å². The van der Waals surface area contributed by atoms with Gasteiger partial charge in [-0.1, -0.05) is 0 Å². The molecule has 1 N–H and O–H groups in total. The second-order valence-electron chi connectivity index (χ2n) is 3.47. The maximum Gasteiger partial charge on any atom is 0.147 e. The third-order valence-electron chi connectivity index (χ3n) is 2.44. The van der Waals surface area contributed by atoms with Crippen molar-refractivity contribution in [3.8, 4) is 0 Å². The van der Waals surface area contributed by atoms with Crippen LogP contribution in [0.5, 0.6) is 0 Å². The fraction of sp³-hybridized carbons (Fsp3) is 0.273. The lowest BCUT2D eigenvalue weighted by Crippen LogP contribution is -2.12. The number of hydrogen-bond acceptors (Lipinski definition) is 3. The molecule has 17 heavy (non-hydrogen) atoms. The largest absolute Gasteiger partial charge is 0.380 e. The quantitative estimate of drug-likeness (QED) is 0.946. The van der Waals surface area contributed by atoms with Gasteiger partial charge in [-0.25, -0.2) is 4.39 Å². The molecule has 2 rings (SSSR count). The molecule has 4 nitrogen and oxygen atoms in total. The van der Waals surface area contributed by atoms with Crippen LogP contribution in [0.1, 0.15) is 24.4 Å². The Kier molecular flexibility index (Phi) is 3.54. The van der Waals surface area contributed by atoms with Crippen LogP contribution < -0.4 is 0 Å². The van der Waals surface area contributed by atoms with Crippen molar-refractivity contribution in [1.82, 2.24) is 14.8 Å². The number of aryl methyl sites for hydroxylation is 1. The van der Waals surface area contributed by atoms with E-state index in [1.807, 2.05) is 6.92 Å². The zero-order valence-corrected chi connectivity index (χ0v) is 10.7. The molecule has 0 aliphatic carbocycles. The Morgan fingerprint density at radius 1 is 1.59 bits per heavy atom. The molecule has 0 saturated carbocycles. The van der Waals surface area contributed by atoms with Crippen molar-refractivity contribution in [3.05, 3.63) is 46.2 Å². The van der Waals surface area contributed by atoms with Gasteiger partial charge in [0.2, 0.25) is 0 Å². The number of nitrogens with zero attached hydrogens (tertiary/aromatic N) is 3. The minimum atomic E-state index is -1.13. The Labute approximate surface area is 106 Å². The van der Waals surface area contributed by atoms with Gasteiger partial charge < -0.3 is 5.11 Å². The van der Waals surface area contributed by atoms with Gasteiger partial charge in [0.05, 0.1) is 16.4 Å². The molecule has 0 aromatic carbocycles. The molecule has 90 valence electrons. The summed E-state index contributed by atoms with van der Waals surface area (Å²) < 4.78 is 15.8. The third kappa shape index (κ3) is 2.23. The molecule has 0 saturated heterocycles. The van der Waals surface area contributed by atoms with Gasteiger partial charge in [0.15, 0.2) is 0 Å². The average Bonchev–Trinajstić information content (AvgIpc) is 2.70. The highest BCUT2D eigenvalue weighted by Crippen LogP contribution is 2.28. The van der Waals surface area contributed by atoms with E-state index in [4.69, 9.17) is 0 Å². The molecule has 0 spiro atoms. The summed E-state index contributed by atoms with van der Waals surface area (Å²) in [5, 5.41) is 14.2. The highest BCUT2D eigenvalue weighted by molar-refractivity contribution is 9.10. The van der Waals surface area contributed by atoms with Crippen molar-refractivity contribution < 1.29 is 9.50 Å². The molecule has 0 radical (unpaired) electrons. The first-order chi connectivity index (χ1) is 8.15. The van der Waals surface area contributed by atoms with Gasteiger partial charge in [-0.3, -0.25) is 9.67 Å². The topological polar surface area (TPSA) is 50.9 Å². The molecule has 1 atom stereocenters. The molecule has 0 fully saturated rings. The summed E-state index contributed by atoms with van der Waals surface area (Å²) in [4.78, 5) is 3.86. The van der Waals surface area contributed by atoms with E-state index in [0.29, 0.717) is 16.7 Å². The molecule has 6 heteroatoms. The fourth-order valence-corrected chi connectivity index (χ4v) is 2.14. The van der Waals surface area contributed by atoms with Crippen molar-refractivity contribution in [2.24, 2.45) is 0 Å². The summed E-state index contributed by atoms with van der Waals surface area (Å²) in [7, 11) is 0. The summed E-state index contributed by atoms with van der Waals surface area (Å²) >= 11 is 3.29. The number of hydrogen-bond donors (Lipinski definition) is 1. The van der Waals surface area contributed by atoms with Gasteiger partial charge >= 0.3 is 0 Å². The Morgan fingerprint density at radius 2 is 2.35 bits per heavy atom. The van der Waals surface area contributed by atoms with Crippen LogP contribution >= 0.6 is 15.9 Å². The van der Waals surface area contributed by atoms with Crippen LogP contribution in [0, 0.1) is 5.82 Å². The molecule has 2 heterocycles. The van der Waals surface area contributed by atoms with Gasteiger partial charge in [0, 0.05) is 12.7 Å². The highest BCUT2D eigenvalue weighted by Gasteiger charge is 2.22. The Bertz CT molecular complexity index is 529. The molecular formula is C11H11BrFN3O. The molecule has 0 bridgehead atoms. The van der Waals surface area contributed by atoms with E-state index in [9.17, 15) is 9.50 Å². The van der Waals surface area contributed by atoms with E-state index in [-0.39, 0.29) is 5.69 Å². The molecule has 0 amide bonds. The first-order valence-corrected chi connectivity index (χ1v) is 5.94. The predicted molar refractivity (Wildman–Crippen MR) is 63.9 cm³/mol. The molecule has 2 aromatic heterocycles. The lowest BCUT2D eigenvalue weighted by atomic mass is 10.1. The summed E-state index contributed by atoms with van der Waals surface area (Å²) in [6.07, 6.45) is 1.89. The molecular weight excluding hydrogens is 289 g/mol. The second kappa shape index (κ2) is 4.93. The van der Waals surface area contributed by atoms with Crippen LogP contribution in [0.4, 0.5) is 4.39 Å². The maximum atomic E-state index is 13.5. The monoisotopic (exact) mass is 299 g/mol. The third-order valence-corrected chi connectivity index (χ3v) is 3.05. The minimum absolute atomic E-state index is 0.00315. The minimum Gasteiger partial charge on any atom is -0.380 e. The van der Waals surface area contributed by atoms with Gasteiger partial charge in [-0.15, -0.1) is 0 Å². The highest BCUT2D eigenvalue weighted by atomic mass is 79.9. The van der Waals surface area contributed by atoms with Crippen molar-refractivity contribution in [1.29, 1.82) is 0 Å². The Hall–Kier alpha value is -1.27. The summed E-state index contributed by atoms with van der Waals surface area (Å²) in [5.74, 6) is -0.532. The van der Waals surface area contributed by atoms with Gasteiger partial charge in [0.25, 0.3) is 0 Å². The van der Waals surface area contributed by atoms with Crippen molar-refractivity contribution in [2.75, 3.05) is 0 Å². The Morgan fingerprint density at radius 3 is 3.00 bits per heavy atom. The average molecular weight is 300 g/mol. The van der Waals surface area contributed by atoms with E-state index in [2.05, 4.69) is 26.0 Å². The molecule has 1 unspecified atom stereocenters. The number of pyridine rings is 1. The molecule has 2 aromatic rings. The second-order valence-corrected chi connectivity index (χ2v) is 4.32. The normalized spacial score (nSPS) is 12.7. The zero-order valence-electron chi connectivity index (χ0n) is 9.14. The van der Waals surface area contributed by atoms with E-state index >= 15 is 0 Å². The number of halogens is 2. The van der Waals surface area contributed by atoms with Crippen LogP contribution in [0.15, 0.2) is 29.0 Å². The first kappa shape index (κ1) is 12.2. The molecule has 0 aliphatic heterocycles. The first-order valence-electron chi connectivity index (χ1n) is 5.14. The summed E-state index contributed by atoms with van der Waals surface area (Å²) in [6, 6.07) is 2.75. The predicted octanol–water partition coefficient (Wildman–Crippen LogP) is 2.28. The smallest absolute Gasteiger partial charge is 0.147 e. The fourth-order valence-electron chi connectivity index (χ4n) is 1.62. The van der Waals surface area contributed by atoms with Crippen molar-refractivity contribution in [2.45, 2.75) is 19.6 Å². The number of aliphatic hydroxyl groups excluding tert-OH is 1. The van der Waals surface area contributed by atoms with Crippen molar-refractivity contribution >= 4 is 15.9 Å². The van der Waals surface area contributed by atoms with Crippen LogP contribution in [0.3, 0.4) is 0 Å². The van der Waals surface area contributed by atoms with E-state index in [0.717, 1.165) is 0 Å². The Balaban J connectivity index is 2.47. The number of aromatic nitrogens is 3. The SMILES string of the molecule is CCn1ncc(Br)c1C(O)c1ncccc1F. The summed E-state index contributed by atoms with van der Waals surface area (Å²) in [5.41, 5.74) is 0.508. The van der Waals surface area contributed by atoms with Gasteiger partial charge in [-0.05, 0) is 35.0 Å². The van der Waals surface area contributed by atoms with E-state index < -0.39 is 11.9 Å². The number of rotatable bonds is 3. The van der Waals surface area contributed by atoms with Gasteiger partial charge in [-0.2, -0.15) is 5.10 Å². The standard InChI is InChI=1S/C11H11BrFN3O/c1-2-16-10(7(12)6-15-16)11(17)9-8(13)4-3-5-14-9/h3-6,11,17H,2H2,1H3. The molecule has 0 aliphatic rings. The lowest BCUT2D eigenvalue weighted by Gasteiger charge is -2.13. The van der Waals surface area contributed by atoms with Gasteiger partial charge in [0.1, 0.15) is 17.6 Å². The van der Waals surface area contributed by atoms with Crippen LogP contribution in [0.25, 0.3) is 0 Å². The number of aliphatic hydroxyl groups is 1. The lowest BCUT2D eigenvalue weighted by molar-refractivity contribution is 0.197. The summed E-state index contributed by atoms with van der Waals surface area (Å²) in [6.45, 7) is 2.48. The maximum absolute atomic E-state index is 13.5.